The highest BCUT2D eigenvalue weighted by Crippen LogP contribution is 2.13. The molecular formula is C14H19N. The van der Waals surface area contributed by atoms with Crippen LogP contribution in [0.5, 0.6) is 0 Å². The molecule has 0 aliphatic heterocycles. The Morgan fingerprint density at radius 2 is 2.00 bits per heavy atom. The van der Waals surface area contributed by atoms with E-state index in [1.54, 1.807) is 6.08 Å². The van der Waals surface area contributed by atoms with E-state index < -0.39 is 0 Å². The molecule has 80 valence electrons. The van der Waals surface area contributed by atoms with Gasteiger partial charge in [0, 0.05) is 12.1 Å². The van der Waals surface area contributed by atoms with Crippen LogP contribution in [-0.2, 0) is 0 Å². The standard InChI is InChI=1S/C14H19N/c1-5-8-9-11-14(15-4)12-13(7-3)10-6-2/h5-11H,1,4,12H2,2-3H3/b9-8-,10-6-,13-7+,14-11-. The maximum Gasteiger partial charge on any atom is 0.0440 e. The van der Waals surface area contributed by atoms with Gasteiger partial charge in [-0.2, -0.15) is 0 Å². The van der Waals surface area contributed by atoms with E-state index in [-0.39, 0.29) is 0 Å². The van der Waals surface area contributed by atoms with Gasteiger partial charge in [0.25, 0.3) is 0 Å². The molecular weight excluding hydrogens is 182 g/mol. The fourth-order valence-electron chi connectivity index (χ4n) is 1.09. The van der Waals surface area contributed by atoms with Crippen LogP contribution in [0.1, 0.15) is 20.3 Å². The molecule has 0 aliphatic rings. The molecule has 0 saturated heterocycles. The molecule has 0 fully saturated rings. The highest BCUT2D eigenvalue weighted by molar-refractivity contribution is 5.34. The van der Waals surface area contributed by atoms with Crippen molar-refractivity contribution < 1.29 is 0 Å². The Morgan fingerprint density at radius 3 is 2.47 bits per heavy atom. The second kappa shape index (κ2) is 8.95. The van der Waals surface area contributed by atoms with Gasteiger partial charge in [-0.15, -0.1) is 0 Å². The number of aliphatic imine (C=N–C) groups is 1. The normalized spacial score (nSPS) is 13.7. The summed E-state index contributed by atoms with van der Waals surface area (Å²) >= 11 is 0. The molecule has 1 heteroatoms. The average molecular weight is 201 g/mol. The molecule has 0 N–H and O–H groups in total. The van der Waals surface area contributed by atoms with E-state index in [1.165, 1.54) is 5.57 Å². The summed E-state index contributed by atoms with van der Waals surface area (Å²) in [5, 5.41) is 0. The lowest BCUT2D eigenvalue weighted by Crippen LogP contribution is -1.82. The van der Waals surface area contributed by atoms with Crippen LogP contribution in [0.4, 0.5) is 0 Å². The Bertz CT molecular complexity index is 314. The number of rotatable bonds is 6. The molecule has 0 saturated carbocycles. The van der Waals surface area contributed by atoms with Crippen molar-refractivity contribution in [2.24, 2.45) is 4.99 Å². The van der Waals surface area contributed by atoms with Gasteiger partial charge in [-0.25, -0.2) is 0 Å². The summed E-state index contributed by atoms with van der Waals surface area (Å²) in [4.78, 5) is 3.98. The molecule has 0 aromatic heterocycles. The predicted molar refractivity (Wildman–Crippen MR) is 70.2 cm³/mol. The highest BCUT2D eigenvalue weighted by atomic mass is 14.7. The van der Waals surface area contributed by atoms with Crippen molar-refractivity contribution in [2.45, 2.75) is 20.3 Å². The van der Waals surface area contributed by atoms with Crippen LogP contribution in [0.2, 0.25) is 0 Å². The topological polar surface area (TPSA) is 12.4 Å². The summed E-state index contributed by atoms with van der Waals surface area (Å²) in [7, 11) is 0. The molecule has 1 nitrogen and oxygen atoms in total. The Labute approximate surface area is 92.9 Å². The first-order valence-corrected chi connectivity index (χ1v) is 5.01. The summed E-state index contributed by atoms with van der Waals surface area (Å²) < 4.78 is 0. The largest absolute Gasteiger partial charge is 0.269 e. The molecule has 15 heavy (non-hydrogen) atoms. The number of hydrogen-bond donors (Lipinski definition) is 0. The molecule has 0 amide bonds. The molecule has 0 spiro atoms. The summed E-state index contributed by atoms with van der Waals surface area (Å²) in [6.07, 6.45) is 14.5. The second-order valence-electron chi connectivity index (χ2n) is 2.98. The zero-order valence-corrected chi connectivity index (χ0v) is 9.61. The molecule has 0 atom stereocenters. The van der Waals surface area contributed by atoms with E-state index in [4.69, 9.17) is 0 Å². The van der Waals surface area contributed by atoms with Crippen molar-refractivity contribution >= 4 is 6.72 Å². The third-order valence-electron chi connectivity index (χ3n) is 1.88. The minimum atomic E-state index is 0.811. The van der Waals surface area contributed by atoms with Crippen molar-refractivity contribution in [2.75, 3.05) is 0 Å². The van der Waals surface area contributed by atoms with Gasteiger partial charge in [0.05, 0.1) is 0 Å². The van der Waals surface area contributed by atoms with E-state index in [1.807, 2.05) is 38.2 Å². The Balaban J connectivity index is 4.57. The molecule has 0 rings (SSSR count). The van der Waals surface area contributed by atoms with Gasteiger partial charge in [-0.05, 0) is 32.2 Å². The van der Waals surface area contributed by atoms with Crippen molar-refractivity contribution in [1.82, 2.24) is 0 Å². The van der Waals surface area contributed by atoms with Gasteiger partial charge >= 0.3 is 0 Å². The summed E-state index contributed by atoms with van der Waals surface area (Å²) in [5.74, 6) is 0. The van der Waals surface area contributed by atoms with E-state index in [0.29, 0.717) is 0 Å². The summed E-state index contributed by atoms with van der Waals surface area (Å²) in [6, 6.07) is 0. The smallest absolute Gasteiger partial charge is 0.0440 e. The quantitative estimate of drug-likeness (QED) is 0.450. The Hall–Kier alpha value is -1.63. The van der Waals surface area contributed by atoms with Crippen molar-refractivity contribution in [3.8, 4) is 0 Å². The van der Waals surface area contributed by atoms with Crippen LogP contribution in [-0.4, -0.2) is 6.72 Å². The van der Waals surface area contributed by atoms with Gasteiger partial charge in [-0.1, -0.05) is 43.0 Å². The van der Waals surface area contributed by atoms with E-state index in [9.17, 15) is 0 Å². The lowest BCUT2D eigenvalue weighted by molar-refractivity contribution is 1.12. The molecule has 0 heterocycles. The lowest BCUT2D eigenvalue weighted by Gasteiger charge is -2.01. The Kier molecular flexibility index (Phi) is 7.97. The monoisotopic (exact) mass is 201 g/mol. The maximum absolute atomic E-state index is 3.98. The van der Waals surface area contributed by atoms with Gasteiger partial charge in [0.1, 0.15) is 0 Å². The number of hydrogen-bond acceptors (Lipinski definition) is 1. The third kappa shape index (κ3) is 6.44. The fraction of sp³-hybridized carbons (Fsp3) is 0.214. The Morgan fingerprint density at radius 1 is 1.27 bits per heavy atom. The average Bonchev–Trinajstić information content (AvgIpc) is 2.26. The van der Waals surface area contributed by atoms with Gasteiger partial charge in [-0.3, -0.25) is 4.99 Å². The number of allylic oxidation sites excluding steroid dienone is 8. The zero-order chi connectivity index (χ0) is 11.5. The van der Waals surface area contributed by atoms with E-state index >= 15 is 0 Å². The number of nitrogens with zero attached hydrogens (tertiary/aromatic N) is 1. The van der Waals surface area contributed by atoms with Crippen LogP contribution < -0.4 is 0 Å². The molecule has 0 aliphatic carbocycles. The first kappa shape index (κ1) is 13.4. The molecule has 0 aromatic carbocycles. The lowest BCUT2D eigenvalue weighted by atomic mass is 10.1. The minimum Gasteiger partial charge on any atom is -0.269 e. The van der Waals surface area contributed by atoms with Crippen LogP contribution in [0.3, 0.4) is 0 Å². The maximum atomic E-state index is 3.98. The SMILES string of the molecule is C=C/C=C\C=C(\CC(/C=C\C)=C/C)N=C. The van der Waals surface area contributed by atoms with Crippen LogP contribution in [0, 0.1) is 0 Å². The fourth-order valence-corrected chi connectivity index (χ4v) is 1.09. The first-order chi connectivity index (χ1) is 7.28. The van der Waals surface area contributed by atoms with Crippen LogP contribution >= 0.6 is 0 Å². The highest BCUT2D eigenvalue weighted by Gasteiger charge is 1.95. The first-order valence-electron chi connectivity index (χ1n) is 5.01. The summed E-state index contributed by atoms with van der Waals surface area (Å²) in [6.45, 7) is 11.2. The summed E-state index contributed by atoms with van der Waals surface area (Å²) in [5.41, 5.74) is 2.20. The van der Waals surface area contributed by atoms with E-state index in [2.05, 4.69) is 30.4 Å². The van der Waals surface area contributed by atoms with Crippen molar-refractivity contribution in [3.05, 3.63) is 60.4 Å². The van der Waals surface area contributed by atoms with Crippen LogP contribution in [0.15, 0.2) is 65.4 Å². The molecule has 0 radical (unpaired) electrons. The van der Waals surface area contributed by atoms with Gasteiger partial charge in [0.2, 0.25) is 0 Å². The third-order valence-corrected chi connectivity index (χ3v) is 1.88. The van der Waals surface area contributed by atoms with Crippen molar-refractivity contribution in [3.63, 3.8) is 0 Å². The minimum absolute atomic E-state index is 0.811. The van der Waals surface area contributed by atoms with Crippen LogP contribution in [0.25, 0.3) is 0 Å². The second-order valence-corrected chi connectivity index (χ2v) is 2.98. The van der Waals surface area contributed by atoms with Gasteiger partial charge in [0.15, 0.2) is 0 Å². The van der Waals surface area contributed by atoms with Crippen molar-refractivity contribution in [1.29, 1.82) is 0 Å². The van der Waals surface area contributed by atoms with Gasteiger partial charge < -0.3 is 0 Å². The molecule has 0 aromatic rings. The van der Waals surface area contributed by atoms with E-state index in [0.717, 1.165) is 12.1 Å². The zero-order valence-electron chi connectivity index (χ0n) is 9.61. The molecule has 0 bridgehead atoms. The molecule has 0 unspecified atom stereocenters. The predicted octanol–water partition coefficient (Wildman–Crippen LogP) is 4.23.